The third-order valence-corrected chi connectivity index (χ3v) is 4.49. The quantitative estimate of drug-likeness (QED) is 0.509. The number of hydrogen-bond acceptors (Lipinski definition) is 4. The fourth-order valence-corrected chi connectivity index (χ4v) is 3.25. The van der Waals surface area contributed by atoms with Gasteiger partial charge in [-0.25, -0.2) is 9.97 Å². The van der Waals surface area contributed by atoms with E-state index in [0.717, 1.165) is 21.6 Å². The zero-order valence-electron chi connectivity index (χ0n) is 12.3. The van der Waals surface area contributed by atoms with Gasteiger partial charge in [-0.05, 0) is 55.3 Å². The van der Waals surface area contributed by atoms with Gasteiger partial charge < -0.3 is 4.42 Å². The van der Waals surface area contributed by atoms with E-state index in [1.54, 1.807) is 11.3 Å². The molecule has 0 aliphatic rings. The second-order valence-electron chi connectivity index (χ2n) is 5.38. The van der Waals surface area contributed by atoms with Crippen molar-refractivity contribution in [3.63, 3.8) is 0 Å². The van der Waals surface area contributed by atoms with Crippen molar-refractivity contribution in [1.82, 2.24) is 9.97 Å². The number of thiazole rings is 1. The van der Waals surface area contributed by atoms with Crippen molar-refractivity contribution in [2.24, 2.45) is 0 Å². The van der Waals surface area contributed by atoms with Crippen molar-refractivity contribution in [3.8, 4) is 0 Å². The van der Waals surface area contributed by atoms with E-state index in [1.165, 1.54) is 15.8 Å². The average molecular weight is 306 g/mol. The number of aryl methyl sites for hydroxylation is 2. The molecule has 0 bridgehead atoms. The maximum atomic E-state index is 5.72. The second kappa shape index (κ2) is 5.07. The molecule has 0 saturated heterocycles. The highest BCUT2D eigenvalue weighted by Crippen LogP contribution is 2.25. The highest BCUT2D eigenvalue weighted by Gasteiger charge is 2.04. The first-order chi connectivity index (χ1) is 10.7. The SMILES string of the molecule is Cc1ccc2oc(/C=C/c3nc4cc(C)ccc4s3)nc2c1. The van der Waals surface area contributed by atoms with Crippen LogP contribution >= 0.6 is 11.3 Å². The average Bonchev–Trinajstić information content (AvgIpc) is 3.07. The normalized spacial score (nSPS) is 11.9. The van der Waals surface area contributed by atoms with Crippen molar-refractivity contribution < 1.29 is 4.42 Å². The minimum Gasteiger partial charge on any atom is -0.437 e. The van der Waals surface area contributed by atoms with Gasteiger partial charge in [-0.1, -0.05) is 12.1 Å². The summed E-state index contributed by atoms with van der Waals surface area (Å²) in [6.45, 7) is 4.13. The van der Waals surface area contributed by atoms with E-state index in [9.17, 15) is 0 Å². The third-order valence-electron chi connectivity index (χ3n) is 3.49. The summed E-state index contributed by atoms with van der Waals surface area (Å²) in [5, 5.41) is 0.957. The van der Waals surface area contributed by atoms with Gasteiger partial charge in [0.15, 0.2) is 5.58 Å². The number of fused-ring (bicyclic) bond motifs is 2. The predicted octanol–water partition coefficient (Wildman–Crippen LogP) is 5.22. The summed E-state index contributed by atoms with van der Waals surface area (Å²) < 4.78 is 6.91. The molecule has 3 nitrogen and oxygen atoms in total. The van der Waals surface area contributed by atoms with Gasteiger partial charge in [-0.15, -0.1) is 11.3 Å². The van der Waals surface area contributed by atoms with E-state index >= 15 is 0 Å². The first-order valence-electron chi connectivity index (χ1n) is 7.10. The molecule has 4 heteroatoms. The Balaban J connectivity index is 1.68. The zero-order valence-corrected chi connectivity index (χ0v) is 13.1. The van der Waals surface area contributed by atoms with Gasteiger partial charge >= 0.3 is 0 Å². The molecule has 0 atom stereocenters. The summed E-state index contributed by atoms with van der Waals surface area (Å²) >= 11 is 1.67. The first kappa shape index (κ1) is 13.2. The molecule has 0 spiro atoms. The monoisotopic (exact) mass is 306 g/mol. The molecule has 2 aromatic carbocycles. The number of rotatable bonds is 2. The third kappa shape index (κ3) is 2.42. The second-order valence-corrected chi connectivity index (χ2v) is 6.44. The van der Waals surface area contributed by atoms with Crippen LogP contribution in [0.25, 0.3) is 33.5 Å². The number of benzene rings is 2. The molecule has 4 aromatic rings. The molecule has 22 heavy (non-hydrogen) atoms. The molecule has 2 heterocycles. The number of aromatic nitrogens is 2. The van der Waals surface area contributed by atoms with Gasteiger partial charge in [0.1, 0.15) is 10.5 Å². The van der Waals surface area contributed by atoms with Gasteiger partial charge in [0.2, 0.25) is 5.89 Å². The van der Waals surface area contributed by atoms with Crippen LogP contribution in [-0.2, 0) is 0 Å². The molecule has 0 unspecified atom stereocenters. The van der Waals surface area contributed by atoms with E-state index < -0.39 is 0 Å². The predicted molar refractivity (Wildman–Crippen MR) is 92.0 cm³/mol. The van der Waals surface area contributed by atoms with Crippen LogP contribution in [0.15, 0.2) is 40.8 Å². The molecule has 2 aromatic heterocycles. The Hall–Kier alpha value is -2.46. The van der Waals surface area contributed by atoms with Crippen molar-refractivity contribution in [2.45, 2.75) is 13.8 Å². The molecular weight excluding hydrogens is 292 g/mol. The summed E-state index contributed by atoms with van der Waals surface area (Å²) in [7, 11) is 0. The van der Waals surface area contributed by atoms with Gasteiger partial charge in [0, 0.05) is 6.08 Å². The Kier molecular flexibility index (Phi) is 3.05. The maximum absolute atomic E-state index is 5.72. The number of nitrogens with zero attached hydrogens (tertiary/aromatic N) is 2. The van der Waals surface area contributed by atoms with E-state index in [2.05, 4.69) is 35.1 Å². The van der Waals surface area contributed by atoms with Crippen LogP contribution in [0.5, 0.6) is 0 Å². The Bertz CT molecular complexity index is 928. The van der Waals surface area contributed by atoms with Crippen molar-refractivity contribution in [3.05, 3.63) is 58.4 Å². The van der Waals surface area contributed by atoms with E-state index in [1.807, 2.05) is 37.3 Å². The molecule has 0 radical (unpaired) electrons. The Morgan fingerprint density at radius 2 is 1.68 bits per heavy atom. The van der Waals surface area contributed by atoms with E-state index in [0.29, 0.717) is 5.89 Å². The van der Waals surface area contributed by atoms with Crippen LogP contribution in [0.3, 0.4) is 0 Å². The first-order valence-corrected chi connectivity index (χ1v) is 7.91. The standard InChI is InChI=1S/C18H14N2OS/c1-11-3-5-15-13(9-11)19-17(21-15)7-8-18-20-14-10-12(2)4-6-16(14)22-18/h3-10H,1-2H3/b8-7+. The van der Waals surface area contributed by atoms with Gasteiger partial charge in [-0.2, -0.15) is 0 Å². The summed E-state index contributed by atoms with van der Waals surface area (Å²) in [6.07, 6.45) is 3.83. The van der Waals surface area contributed by atoms with Crippen LogP contribution in [0.4, 0.5) is 0 Å². The highest BCUT2D eigenvalue weighted by atomic mass is 32.1. The number of oxazole rings is 1. The summed E-state index contributed by atoms with van der Waals surface area (Å²) in [5.74, 6) is 0.607. The highest BCUT2D eigenvalue weighted by molar-refractivity contribution is 7.19. The van der Waals surface area contributed by atoms with Crippen LogP contribution in [0, 0.1) is 13.8 Å². The lowest BCUT2D eigenvalue weighted by Gasteiger charge is -1.88. The Morgan fingerprint density at radius 3 is 2.55 bits per heavy atom. The van der Waals surface area contributed by atoms with Crippen LogP contribution < -0.4 is 0 Å². The maximum Gasteiger partial charge on any atom is 0.220 e. The van der Waals surface area contributed by atoms with Gasteiger partial charge in [-0.3, -0.25) is 0 Å². The Morgan fingerprint density at radius 1 is 0.909 bits per heavy atom. The summed E-state index contributed by atoms with van der Waals surface area (Å²) in [4.78, 5) is 9.10. The van der Waals surface area contributed by atoms with Gasteiger partial charge in [0.05, 0.1) is 10.2 Å². The van der Waals surface area contributed by atoms with Gasteiger partial charge in [0.25, 0.3) is 0 Å². The van der Waals surface area contributed by atoms with Crippen LogP contribution in [0.2, 0.25) is 0 Å². The minimum absolute atomic E-state index is 0.607. The lowest BCUT2D eigenvalue weighted by molar-refractivity contribution is 0.589. The summed E-state index contributed by atoms with van der Waals surface area (Å²) in [5.41, 5.74) is 5.14. The van der Waals surface area contributed by atoms with E-state index in [-0.39, 0.29) is 0 Å². The topological polar surface area (TPSA) is 38.9 Å². The molecule has 0 N–H and O–H groups in total. The molecule has 0 saturated carbocycles. The van der Waals surface area contributed by atoms with Crippen molar-refractivity contribution >= 4 is 44.8 Å². The molecule has 108 valence electrons. The largest absolute Gasteiger partial charge is 0.437 e. The van der Waals surface area contributed by atoms with Crippen LogP contribution in [-0.4, -0.2) is 9.97 Å². The Labute approximate surface area is 131 Å². The van der Waals surface area contributed by atoms with E-state index in [4.69, 9.17) is 4.42 Å². The molecule has 0 aliphatic carbocycles. The zero-order chi connectivity index (χ0) is 15.1. The molecular formula is C18H14N2OS. The molecule has 0 fully saturated rings. The van der Waals surface area contributed by atoms with Crippen LogP contribution in [0.1, 0.15) is 22.0 Å². The fraction of sp³-hybridized carbons (Fsp3) is 0.111. The molecule has 0 aliphatic heterocycles. The van der Waals surface area contributed by atoms with Crippen molar-refractivity contribution in [2.75, 3.05) is 0 Å². The fourth-order valence-electron chi connectivity index (χ4n) is 2.40. The lowest BCUT2D eigenvalue weighted by Crippen LogP contribution is -1.73. The molecule has 0 amide bonds. The van der Waals surface area contributed by atoms with Crippen molar-refractivity contribution in [1.29, 1.82) is 0 Å². The lowest BCUT2D eigenvalue weighted by atomic mass is 10.2. The minimum atomic E-state index is 0.607. The molecule has 4 rings (SSSR count). The summed E-state index contributed by atoms with van der Waals surface area (Å²) in [6, 6.07) is 12.3. The number of hydrogen-bond donors (Lipinski definition) is 0. The smallest absolute Gasteiger partial charge is 0.220 e.